The van der Waals surface area contributed by atoms with Gasteiger partial charge in [0, 0.05) is 11.5 Å². The molecule has 3 aromatic rings. The van der Waals surface area contributed by atoms with E-state index in [2.05, 4.69) is 0 Å². The van der Waals surface area contributed by atoms with Crippen LogP contribution in [0.15, 0.2) is 51.7 Å². The average Bonchev–Trinajstić information content (AvgIpc) is 2.54. The minimum absolute atomic E-state index is 0.246. The first-order valence-electron chi connectivity index (χ1n) is 7.32. The Morgan fingerprint density at radius 3 is 2.83 bits per heavy atom. The molecule has 0 unspecified atom stereocenters. The second-order valence-corrected chi connectivity index (χ2v) is 5.59. The van der Waals surface area contributed by atoms with Crippen LogP contribution in [0, 0.1) is 12.7 Å². The van der Waals surface area contributed by atoms with Gasteiger partial charge in [0.2, 0.25) is 0 Å². The fourth-order valence-corrected chi connectivity index (χ4v) is 2.95. The van der Waals surface area contributed by atoms with Crippen molar-refractivity contribution in [2.45, 2.75) is 13.5 Å². The first-order chi connectivity index (χ1) is 11.1. The summed E-state index contributed by atoms with van der Waals surface area (Å²) in [7, 11) is 0. The van der Waals surface area contributed by atoms with Gasteiger partial charge in [0.25, 0.3) is 0 Å². The Morgan fingerprint density at radius 2 is 2.00 bits per heavy atom. The van der Waals surface area contributed by atoms with Gasteiger partial charge in [-0.1, -0.05) is 12.1 Å². The number of nitrogens with zero attached hydrogens (tertiary/aromatic N) is 1. The molecule has 5 heteroatoms. The molecule has 0 spiro atoms. The predicted molar refractivity (Wildman–Crippen MR) is 85.3 cm³/mol. The summed E-state index contributed by atoms with van der Waals surface area (Å²) < 4.78 is 25.2. The molecule has 0 fully saturated rings. The number of anilines is 1. The summed E-state index contributed by atoms with van der Waals surface area (Å²) >= 11 is 0. The number of para-hydroxylation sites is 1. The van der Waals surface area contributed by atoms with Crippen LogP contribution in [0.4, 0.5) is 10.1 Å². The summed E-state index contributed by atoms with van der Waals surface area (Å²) in [4.78, 5) is 13.5. The lowest BCUT2D eigenvalue weighted by atomic mass is 10.0. The van der Waals surface area contributed by atoms with Crippen LogP contribution in [0.2, 0.25) is 0 Å². The Balaban J connectivity index is 1.86. The van der Waals surface area contributed by atoms with Crippen LogP contribution in [-0.2, 0) is 6.54 Å². The van der Waals surface area contributed by atoms with E-state index in [-0.39, 0.29) is 12.5 Å². The molecule has 1 aliphatic heterocycles. The summed E-state index contributed by atoms with van der Waals surface area (Å²) in [5.41, 5.74) is 2.19. The Bertz CT molecular complexity index is 964. The van der Waals surface area contributed by atoms with Crippen molar-refractivity contribution in [1.29, 1.82) is 0 Å². The van der Waals surface area contributed by atoms with Crippen LogP contribution in [0.25, 0.3) is 11.0 Å². The number of aryl methyl sites for hydroxylation is 1. The van der Waals surface area contributed by atoms with Crippen LogP contribution in [0.1, 0.15) is 11.1 Å². The Morgan fingerprint density at radius 1 is 1.17 bits per heavy atom. The summed E-state index contributed by atoms with van der Waals surface area (Å²) in [5.74, 6) is 0.358. The number of halogens is 1. The second-order valence-electron chi connectivity index (χ2n) is 5.59. The molecule has 2 heterocycles. The average molecular weight is 311 g/mol. The molecule has 0 saturated heterocycles. The van der Waals surface area contributed by atoms with E-state index < -0.39 is 5.63 Å². The third kappa shape index (κ3) is 2.25. The third-order valence-electron chi connectivity index (χ3n) is 4.10. The van der Waals surface area contributed by atoms with E-state index in [4.69, 9.17) is 9.15 Å². The molecule has 0 amide bonds. The highest BCUT2D eigenvalue weighted by atomic mass is 19.1. The van der Waals surface area contributed by atoms with Crippen LogP contribution in [0.5, 0.6) is 5.75 Å². The van der Waals surface area contributed by atoms with Crippen molar-refractivity contribution in [2.24, 2.45) is 0 Å². The second kappa shape index (κ2) is 5.12. The van der Waals surface area contributed by atoms with E-state index in [1.807, 2.05) is 19.1 Å². The van der Waals surface area contributed by atoms with E-state index in [0.717, 1.165) is 16.5 Å². The molecule has 4 rings (SSSR count). The predicted octanol–water partition coefficient (Wildman–Crippen LogP) is 3.60. The highest BCUT2D eigenvalue weighted by Crippen LogP contribution is 2.35. The van der Waals surface area contributed by atoms with Crippen molar-refractivity contribution >= 4 is 16.7 Å². The normalized spacial score (nSPS) is 13.7. The van der Waals surface area contributed by atoms with Crippen LogP contribution < -0.4 is 15.3 Å². The van der Waals surface area contributed by atoms with Gasteiger partial charge in [-0.05, 0) is 36.8 Å². The van der Waals surface area contributed by atoms with Crippen molar-refractivity contribution in [3.8, 4) is 5.75 Å². The van der Waals surface area contributed by atoms with Gasteiger partial charge < -0.3 is 14.1 Å². The first-order valence-corrected chi connectivity index (χ1v) is 7.32. The number of benzene rings is 2. The van der Waals surface area contributed by atoms with Gasteiger partial charge in [0.15, 0.2) is 6.73 Å². The van der Waals surface area contributed by atoms with Crippen LogP contribution in [-0.4, -0.2) is 6.73 Å². The number of rotatable bonds is 1. The maximum atomic E-state index is 14.0. The third-order valence-corrected chi connectivity index (χ3v) is 4.10. The molecule has 2 aromatic carbocycles. The monoisotopic (exact) mass is 311 g/mol. The molecule has 1 aliphatic rings. The minimum atomic E-state index is -0.397. The van der Waals surface area contributed by atoms with Gasteiger partial charge >= 0.3 is 5.63 Å². The fraction of sp³-hybridized carbons (Fsp3) is 0.167. The number of ether oxygens (including phenoxy) is 1. The molecule has 0 N–H and O–H groups in total. The van der Waals surface area contributed by atoms with Gasteiger partial charge in [0.1, 0.15) is 17.1 Å². The lowest BCUT2D eigenvalue weighted by molar-refractivity contribution is 0.287. The topological polar surface area (TPSA) is 42.7 Å². The molecule has 23 heavy (non-hydrogen) atoms. The highest BCUT2D eigenvalue weighted by Gasteiger charge is 2.23. The zero-order chi connectivity index (χ0) is 16.0. The zero-order valence-electron chi connectivity index (χ0n) is 12.5. The lowest BCUT2D eigenvalue weighted by Gasteiger charge is -2.31. The summed E-state index contributed by atoms with van der Waals surface area (Å²) in [6, 6.07) is 11.8. The SMILES string of the molecule is Cc1cc(=O)oc2c3c(ccc12)OCN(c1ccccc1F)C3. The molecule has 1 aromatic heterocycles. The molecule has 4 nitrogen and oxygen atoms in total. The maximum Gasteiger partial charge on any atom is 0.336 e. The minimum Gasteiger partial charge on any atom is -0.473 e. The lowest BCUT2D eigenvalue weighted by Crippen LogP contribution is -2.32. The molecule has 0 saturated carbocycles. The standard InChI is InChI=1S/C18H14FNO3/c1-11-8-17(21)23-18-12(11)6-7-16-13(18)9-20(10-22-16)15-5-3-2-4-14(15)19/h2-8H,9-10H2,1H3. The van der Waals surface area contributed by atoms with Crippen molar-refractivity contribution < 1.29 is 13.5 Å². The number of hydrogen-bond acceptors (Lipinski definition) is 4. The van der Waals surface area contributed by atoms with Crippen LogP contribution in [0.3, 0.4) is 0 Å². The Labute approximate surface area is 131 Å². The van der Waals surface area contributed by atoms with Crippen LogP contribution >= 0.6 is 0 Å². The fourth-order valence-electron chi connectivity index (χ4n) is 2.95. The van der Waals surface area contributed by atoms with Crippen molar-refractivity contribution in [2.75, 3.05) is 11.6 Å². The molecular weight excluding hydrogens is 297 g/mol. The molecule has 0 aliphatic carbocycles. The summed E-state index contributed by atoms with van der Waals surface area (Å²) in [6.45, 7) is 2.53. The van der Waals surface area contributed by atoms with E-state index in [0.29, 0.717) is 23.6 Å². The largest absolute Gasteiger partial charge is 0.473 e. The maximum absolute atomic E-state index is 14.0. The summed E-state index contributed by atoms with van der Waals surface area (Å²) in [5, 5.41) is 0.863. The van der Waals surface area contributed by atoms with Gasteiger partial charge in [-0.2, -0.15) is 0 Å². The molecular formula is C18H14FNO3. The van der Waals surface area contributed by atoms with Crippen molar-refractivity contribution in [1.82, 2.24) is 0 Å². The van der Waals surface area contributed by atoms with E-state index in [9.17, 15) is 9.18 Å². The van der Waals surface area contributed by atoms with Gasteiger partial charge in [0.05, 0.1) is 17.8 Å². The Hall–Kier alpha value is -2.82. The van der Waals surface area contributed by atoms with Gasteiger partial charge in [-0.25, -0.2) is 9.18 Å². The smallest absolute Gasteiger partial charge is 0.336 e. The Kier molecular flexibility index (Phi) is 3.08. The van der Waals surface area contributed by atoms with Crippen molar-refractivity contribution in [3.63, 3.8) is 0 Å². The van der Waals surface area contributed by atoms with Crippen molar-refractivity contribution in [3.05, 3.63) is 69.8 Å². The first kappa shape index (κ1) is 13.8. The highest BCUT2D eigenvalue weighted by molar-refractivity contribution is 5.85. The van der Waals surface area contributed by atoms with E-state index in [1.54, 1.807) is 23.1 Å². The van der Waals surface area contributed by atoms with Gasteiger partial charge in [-0.15, -0.1) is 0 Å². The molecule has 116 valence electrons. The molecule has 0 atom stereocenters. The zero-order valence-corrected chi connectivity index (χ0v) is 12.5. The molecule has 0 bridgehead atoms. The van der Waals surface area contributed by atoms with E-state index in [1.165, 1.54) is 12.1 Å². The number of fused-ring (bicyclic) bond motifs is 3. The van der Waals surface area contributed by atoms with E-state index >= 15 is 0 Å². The molecule has 0 radical (unpaired) electrons. The summed E-state index contributed by atoms with van der Waals surface area (Å²) in [6.07, 6.45) is 0. The number of hydrogen-bond donors (Lipinski definition) is 0. The quantitative estimate of drug-likeness (QED) is 0.644. The van der Waals surface area contributed by atoms with Gasteiger partial charge in [-0.3, -0.25) is 0 Å².